The summed E-state index contributed by atoms with van der Waals surface area (Å²) in [5.74, 6) is 0.639. The van der Waals surface area contributed by atoms with Crippen molar-refractivity contribution in [2.24, 2.45) is 0 Å². The molecule has 2 aromatic rings. The maximum atomic E-state index is 12.5. The Morgan fingerprint density at radius 2 is 2.10 bits per heavy atom. The number of nitrogens with two attached hydrogens (primary N) is 1. The van der Waals surface area contributed by atoms with Crippen LogP contribution < -0.4 is 5.73 Å². The van der Waals surface area contributed by atoms with Crippen molar-refractivity contribution in [3.8, 4) is 0 Å². The summed E-state index contributed by atoms with van der Waals surface area (Å²) < 4.78 is 13.4. The zero-order chi connectivity index (χ0) is 14.1. The molecule has 2 N–H and O–H groups in total. The Labute approximate surface area is 133 Å². The van der Waals surface area contributed by atoms with Crippen LogP contribution >= 0.6 is 27.7 Å². The second-order valence-corrected chi connectivity index (χ2v) is 8.47. The van der Waals surface area contributed by atoms with Gasteiger partial charge in [0.15, 0.2) is 0 Å². The Balaban J connectivity index is 1.74. The standard InChI is InChI=1S/C15H14BrNOS2/c16-11-5-6-13(17)15(8-11)20(18)9-12-7-10-3-1-2-4-14(10)19-12/h1-6,8,12H,7,9,17H2. The second kappa shape index (κ2) is 5.92. The molecular weight excluding hydrogens is 354 g/mol. The number of hydrogen-bond acceptors (Lipinski definition) is 3. The molecule has 0 saturated heterocycles. The second-order valence-electron chi connectivity index (χ2n) is 4.75. The van der Waals surface area contributed by atoms with Gasteiger partial charge in [0.1, 0.15) is 0 Å². The molecule has 3 rings (SSSR count). The van der Waals surface area contributed by atoms with E-state index in [0.717, 1.165) is 15.8 Å². The zero-order valence-electron chi connectivity index (χ0n) is 10.7. The van der Waals surface area contributed by atoms with Gasteiger partial charge in [-0.15, -0.1) is 11.8 Å². The van der Waals surface area contributed by atoms with Crippen LogP contribution in [0.4, 0.5) is 5.69 Å². The van der Waals surface area contributed by atoms with Gasteiger partial charge in [0.2, 0.25) is 0 Å². The monoisotopic (exact) mass is 367 g/mol. The topological polar surface area (TPSA) is 43.1 Å². The molecule has 0 fully saturated rings. The van der Waals surface area contributed by atoms with E-state index in [4.69, 9.17) is 5.73 Å². The minimum Gasteiger partial charge on any atom is -0.398 e. The van der Waals surface area contributed by atoms with Crippen LogP contribution in [0.3, 0.4) is 0 Å². The van der Waals surface area contributed by atoms with Crippen molar-refractivity contribution in [1.29, 1.82) is 0 Å². The molecule has 0 spiro atoms. The van der Waals surface area contributed by atoms with E-state index < -0.39 is 10.8 Å². The molecule has 0 radical (unpaired) electrons. The third kappa shape index (κ3) is 2.95. The van der Waals surface area contributed by atoms with Gasteiger partial charge in [-0.05, 0) is 36.2 Å². The van der Waals surface area contributed by atoms with Crippen LogP contribution in [-0.2, 0) is 17.2 Å². The van der Waals surface area contributed by atoms with Gasteiger partial charge in [-0.3, -0.25) is 4.21 Å². The molecule has 2 nitrogen and oxygen atoms in total. The minimum atomic E-state index is -1.06. The first-order valence-electron chi connectivity index (χ1n) is 6.31. The highest BCUT2D eigenvalue weighted by molar-refractivity contribution is 9.10. The van der Waals surface area contributed by atoms with E-state index in [1.807, 2.05) is 23.9 Å². The highest BCUT2D eigenvalue weighted by Crippen LogP contribution is 2.37. The Bertz CT molecular complexity index is 650. The number of fused-ring (bicyclic) bond motifs is 1. The average molecular weight is 368 g/mol. The molecular formula is C15H14BrNOS2. The first-order chi connectivity index (χ1) is 9.63. The van der Waals surface area contributed by atoms with Crippen LogP contribution in [-0.4, -0.2) is 15.2 Å². The lowest BCUT2D eigenvalue weighted by Crippen LogP contribution is -2.14. The fraction of sp³-hybridized carbons (Fsp3) is 0.200. The third-order valence-electron chi connectivity index (χ3n) is 3.27. The van der Waals surface area contributed by atoms with Gasteiger partial charge in [0.05, 0.1) is 15.7 Å². The summed E-state index contributed by atoms with van der Waals surface area (Å²) in [6.07, 6.45) is 0.987. The van der Waals surface area contributed by atoms with Crippen LogP contribution in [0.5, 0.6) is 0 Å². The Hall–Kier alpha value is -0.780. The smallest absolute Gasteiger partial charge is 0.0629 e. The molecule has 2 unspecified atom stereocenters. The van der Waals surface area contributed by atoms with E-state index in [1.54, 1.807) is 6.07 Å². The predicted octanol–water partition coefficient (Wildman–Crippen LogP) is 3.86. The first kappa shape index (κ1) is 14.2. The van der Waals surface area contributed by atoms with Crippen molar-refractivity contribution in [2.75, 3.05) is 11.5 Å². The molecule has 0 saturated carbocycles. The molecule has 0 amide bonds. The summed E-state index contributed by atoms with van der Waals surface area (Å²) in [6, 6.07) is 13.9. The summed E-state index contributed by atoms with van der Waals surface area (Å²) in [5.41, 5.74) is 7.89. The predicted molar refractivity (Wildman–Crippen MR) is 89.6 cm³/mol. The number of anilines is 1. The van der Waals surface area contributed by atoms with Crippen molar-refractivity contribution in [3.63, 3.8) is 0 Å². The van der Waals surface area contributed by atoms with E-state index in [9.17, 15) is 4.21 Å². The lowest BCUT2D eigenvalue weighted by atomic mass is 10.1. The number of benzene rings is 2. The fourth-order valence-electron chi connectivity index (χ4n) is 2.31. The molecule has 1 heterocycles. The van der Waals surface area contributed by atoms with Gasteiger partial charge < -0.3 is 5.73 Å². The molecule has 2 aromatic carbocycles. The Morgan fingerprint density at radius 1 is 1.30 bits per heavy atom. The van der Waals surface area contributed by atoms with Crippen LogP contribution in [0.2, 0.25) is 0 Å². The van der Waals surface area contributed by atoms with Gasteiger partial charge in [0.25, 0.3) is 0 Å². The molecule has 0 aromatic heterocycles. The van der Waals surface area contributed by atoms with Crippen LogP contribution in [0.25, 0.3) is 0 Å². The Morgan fingerprint density at radius 3 is 2.90 bits per heavy atom. The summed E-state index contributed by atoms with van der Waals surface area (Å²) in [4.78, 5) is 2.05. The Kier molecular flexibility index (Phi) is 4.19. The quantitative estimate of drug-likeness (QED) is 0.837. The molecule has 0 aliphatic carbocycles. The SMILES string of the molecule is Nc1ccc(Br)cc1S(=O)CC1Cc2ccccc2S1. The molecule has 5 heteroatoms. The largest absolute Gasteiger partial charge is 0.398 e. The summed E-state index contributed by atoms with van der Waals surface area (Å²) in [6.45, 7) is 0. The number of hydrogen-bond donors (Lipinski definition) is 1. The van der Waals surface area contributed by atoms with Crippen LogP contribution in [0.15, 0.2) is 56.7 Å². The van der Waals surface area contributed by atoms with E-state index in [0.29, 0.717) is 16.7 Å². The fourth-order valence-corrected chi connectivity index (χ4v) is 5.77. The maximum Gasteiger partial charge on any atom is 0.0629 e. The summed E-state index contributed by atoms with van der Waals surface area (Å²) in [5, 5.41) is 0.367. The van der Waals surface area contributed by atoms with E-state index in [1.165, 1.54) is 10.5 Å². The van der Waals surface area contributed by atoms with Gasteiger partial charge in [-0.2, -0.15) is 0 Å². The molecule has 104 valence electrons. The number of thioether (sulfide) groups is 1. The zero-order valence-corrected chi connectivity index (χ0v) is 13.9. The molecule has 0 bridgehead atoms. The van der Waals surface area contributed by atoms with Gasteiger partial charge >= 0.3 is 0 Å². The van der Waals surface area contributed by atoms with Gasteiger partial charge in [-0.25, -0.2) is 0 Å². The van der Waals surface area contributed by atoms with Crippen molar-refractivity contribution < 1.29 is 4.21 Å². The van der Waals surface area contributed by atoms with Crippen LogP contribution in [0.1, 0.15) is 5.56 Å². The lowest BCUT2D eigenvalue weighted by Gasteiger charge is -2.10. The first-order valence-corrected chi connectivity index (χ1v) is 9.30. The van der Waals surface area contributed by atoms with Crippen molar-refractivity contribution in [1.82, 2.24) is 0 Å². The molecule has 1 aliphatic heterocycles. The van der Waals surface area contributed by atoms with Crippen molar-refractivity contribution in [2.45, 2.75) is 21.5 Å². The van der Waals surface area contributed by atoms with Gasteiger partial charge in [-0.1, -0.05) is 34.1 Å². The van der Waals surface area contributed by atoms with Crippen molar-refractivity contribution in [3.05, 3.63) is 52.5 Å². The average Bonchev–Trinajstić information content (AvgIpc) is 2.83. The van der Waals surface area contributed by atoms with Gasteiger partial charge in [0, 0.05) is 26.1 Å². The summed E-state index contributed by atoms with van der Waals surface area (Å²) in [7, 11) is -1.06. The molecule has 20 heavy (non-hydrogen) atoms. The van der Waals surface area contributed by atoms with E-state index in [-0.39, 0.29) is 0 Å². The summed E-state index contributed by atoms with van der Waals surface area (Å²) >= 11 is 5.23. The number of nitrogen functional groups attached to an aromatic ring is 1. The normalized spacial score (nSPS) is 18.8. The molecule has 2 atom stereocenters. The third-order valence-corrected chi connectivity index (χ3v) is 6.84. The van der Waals surface area contributed by atoms with E-state index >= 15 is 0 Å². The maximum absolute atomic E-state index is 12.5. The highest BCUT2D eigenvalue weighted by Gasteiger charge is 2.24. The molecule has 1 aliphatic rings. The minimum absolute atomic E-state index is 0.367. The highest BCUT2D eigenvalue weighted by atomic mass is 79.9. The number of rotatable bonds is 3. The van der Waals surface area contributed by atoms with Crippen molar-refractivity contribution >= 4 is 44.2 Å². The lowest BCUT2D eigenvalue weighted by molar-refractivity contribution is 0.681. The van der Waals surface area contributed by atoms with Crippen LogP contribution in [0, 0.1) is 0 Å². The number of halogens is 1. The van der Waals surface area contributed by atoms with E-state index in [2.05, 4.69) is 40.2 Å².